The van der Waals surface area contributed by atoms with E-state index in [-0.39, 0.29) is 5.91 Å². The van der Waals surface area contributed by atoms with Crippen molar-refractivity contribution in [2.24, 2.45) is 0 Å². The molecule has 0 amide bonds. The van der Waals surface area contributed by atoms with Crippen molar-refractivity contribution in [3.63, 3.8) is 0 Å². The van der Waals surface area contributed by atoms with Gasteiger partial charge < -0.3 is 0 Å². The van der Waals surface area contributed by atoms with E-state index in [1.165, 1.54) is 4.57 Å². The zero-order valence-corrected chi connectivity index (χ0v) is 12.4. The fraction of sp³-hybridized carbons (Fsp3) is 0.0588. The Morgan fingerprint density at radius 2 is 1.52 bits per heavy atom. The normalized spacial score (nSPS) is 10.5. The molecule has 0 saturated heterocycles. The summed E-state index contributed by atoms with van der Waals surface area (Å²) in [5.41, 5.74) is 2.51. The summed E-state index contributed by atoms with van der Waals surface area (Å²) in [6, 6.07) is 19.0. The van der Waals surface area contributed by atoms with Gasteiger partial charge in [0.25, 0.3) is 5.91 Å². The number of hydrogen-bond donors (Lipinski definition) is 0. The fourth-order valence-corrected chi connectivity index (χ4v) is 2.70. The molecule has 104 valence electrons. The van der Waals surface area contributed by atoms with Gasteiger partial charge in [-0.1, -0.05) is 36.4 Å². The Balaban J connectivity index is 2.11. The number of carbonyl (C=O) groups is 1. The summed E-state index contributed by atoms with van der Waals surface area (Å²) in [5, 5.41) is 0. The number of imidazole rings is 1. The first-order chi connectivity index (χ1) is 10.2. The van der Waals surface area contributed by atoms with Crippen molar-refractivity contribution < 1.29 is 4.79 Å². The lowest BCUT2D eigenvalue weighted by Crippen LogP contribution is -2.11. The third-order valence-electron chi connectivity index (χ3n) is 3.32. The highest BCUT2D eigenvalue weighted by Gasteiger charge is 2.13. The molecule has 2 aromatic carbocycles. The number of nitrogens with zero attached hydrogens (tertiary/aromatic N) is 2. The maximum Gasteiger partial charge on any atom is 0.264 e. The minimum atomic E-state index is -0.113. The van der Waals surface area contributed by atoms with E-state index in [9.17, 15) is 4.79 Å². The maximum absolute atomic E-state index is 12.5. The molecule has 3 rings (SSSR count). The molecule has 0 N–H and O–H groups in total. The lowest BCUT2D eigenvalue weighted by Gasteiger charge is -2.05. The zero-order chi connectivity index (χ0) is 14.8. The van der Waals surface area contributed by atoms with Gasteiger partial charge in [-0.05, 0) is 43.4 Å². The molecule has 0 aliphatic rings. The van der Waals surface area contributed by atoms with Gasteiger partial charge >= 0.3 is 0 Å². The average Bonchev–Trinajstić information content (AvgIpc) is 2.83. The molecule has 0 saturated carbocycles. The van der Waals surface area contributed by atoms with Crippen molar-refractivity contribution in [3.05, 3.63) is 82.9 Å². The standard InChI is InChI=1S/C17H14N2OS/c1-13-12-18(16(20)14-8-4-2-5-9-14)17(21)19(13)15-10-6-3-7-11-15/h2-12H,1H3. The lowest BCUT2D eigenvalue weighted by atomic mass is 10.2. The molecule has 0 spiro atoms. The van der Waals surface area contributed by atoms with Crippen molar-refractivity contribution >= 4 is 18.1 Å². The van der Waals surface area contributed by atoms with Crippen LogP contribution in [0.3, 0.4) is 0 Å². The summed E-state index contributed by atoms with van der Waals surface area (Å²) in [6.07, 6.45) is 1.78. The Hall–Kier alpha value is -2.46. The molecule has 3 aromatic rings. The van der Waals surface area contributed by atoms with Crippen LogP contribution in [0, 0.1) is 11.7 Å². The largest absolute Gasteiger partial charge is 0.289 e. The Kier molecular flexibility index (Phi) is 3.54. The molecule has 3 nitrogen and oxygen atoms in total. The molecular weight excluding hydrogens is 280 g/mol. The van der Waals surface area contributed by atoms with Crippen LogP contribution in [0.5, 0.6) is 0 Å². The zero-order valence-electron chi connectivity index (χ0n) is 11.6. The van der Waals surface area contributed by atoms with Gasteiger partial charge in [0.1, 0.15) is 0 Å². The van der Waals surface area contributed by atoms with Crippen molar-refractivity contribution in [2.75, 3.05) is 0 Å². The Bertz CT molecular complexity index is 832. The van der Waals surface area contributed by atoms with E-state index in [4.69, 9.17) is 12.2 Å². The highest BCUT2D eigenvalue weighted by molar-refractivity contribution is 7.71. The van der Waals surface area contributed by atoms with Gasteiger partial charge in [0.05, 0.1) is 0 Å². The van der Waals surface area contributed by atoms with Crippen LogP contribution in [-0.2, 0) is 0 Å². The Morgan fingerprint density at radius 1 is 0.952 bits per heavy atom. The van der Waals surface area contributed by atoms with Crippen molar-refractivity contribution in [2.45, 2.75) is 6.92 Å². The fourth-order valence-electron chi connectivity index (χ4n) is 2.31. The highest BCUT2D eigenvalue weighted by Crippen LogP contribution is 2.15. The number of carbonyl (C=O) groups excluding carboxylic acids is 1. The molecule has 0 atom stereocenters. The first-order valence-corrected chi connectivity index (χ1v) is 7.05. The maximum atomic E-state index is 12.5. The van der Waals surface area contributed by atoms with E-state index in [1.54, 1.807) is 18.3 Å². The topological polar surface area (TPSA) is 26.9 Å². The summed E-state index contributed by atoms with van der Waals surface area (Å²) in [6.45, 7) is 1.94. The predicted octanol–water partition coefficient (Wildman–Crippen LogP) is 4.01. The summed E-state index contributed by atoms with van der Waals surface area (Å²) in [4.78, 5) is 12.5. The molecule has 0 bridgehead atoms. The van der Waals surface area contributed by atoms with E-state index in [0.717, 1.165) is 11.4 Å². The monoisotopic (exact) mass is 294 g/mol. The Labute approximate surface area is 128 Å². The number of para-hydroxylation sites is 1. The van der Waals surface area contributed by atoms with Gasteiger partial charge in [0.2, 0.25) is 0 Å². The number of aromatic nitrogens is 2. The van der Waals surface area contributed by atoms with Crippen LogP contribution in [0.4, 0.5) is 0 Å². The van der Waals surface area contributed by atoms with E-state index in [2.05, 4.69) is 0 Å². The van der Waals surface area contributed by atoms with Crippen LogP contribution in [0.15, 0.2) is 66.9 Å². The summed E-state index contributed by atoms with van der Waals surface area (Å²) >= 11 is 5.48. The third kappa shape index (κ3) is 2.45. The first kappa shape index (κ1) is 13.5. The molecular formula is C17H14N2OS. The molecule has 4 heteroatoms. The Morgan fingerprint density at radius 3 is 2.14 bits per heavy atom. The molecule has 1 heterocycles. The molecule has 0 radical (unpaired) electrons. The van der Waals surface area contributed by atoms with Crippen LogP contribution in [0.2, 0.25) is 0 Å². The molecule has 0 aliphatic heterocycles. The van der Waals surface area contributed by atoms with Gasteiger partial charge in [-0.15, -0.1) is 0 Å². The van der Waals surface area contributed by atoms with Gasteiger partial charge in [0, 0.05) is 23.1 Å². The first-order valence-electron chi connectivity index (χ1n) is 6.64. The van der Waals surface area contributed by atoms with Gasteiger partial charge in [-0.3, -0.25) is 13.9 Å². The minimum absolute atomic E-state index is 0.113. The van der Waals surface area contributed by atoms with Crippen LogP contribution in [0.25, 0.3) is 5.69 Å². The summed E-state index contributed by atoms with van der Waals surface area (Å²) in [7, 11) is 0. The minimum Gasteiger partial charge on any atom is -0.289 e. The number of rotatable bonds is 2. The molecule has 0 unspecified atom stereocenters. The number of hydrogen-bond acceptors (Lipinski definition) is 2. The smallest absolute Gasteiger partial charge is 0.264 e. The van der Waals surface area contributed by atoms with Crippen LogP contribution >= 0.6 is 12.2 Å². The van der Waals surface area contributed by atoms with Crippen LogP contribution < -0.4 is 0 Å². The lowest BCUT2D eigenvalue weighted by molar-refractivity contribution is 0.0958. The molecule has 1 aromatic heterocycles. The van der Waals surface area contributed by atoms with Crippen molar-refractivity contribution in [3.8, 4) is 5.69 Å². The predicted molar refractivity (Wildman–Crippen MR) is 85.5 cm³/mol. The van der Waals surface area contributed by atoms with Gasteiger partial charge in [-0.2, -0.15) is 0 Å². The van der Waals surface area contributed by atoms with Crippen LogP contribution in [-0.4, -0.2) is 15.0 Å². The van der Waals surface area contributed by atoms with Crippen molar-refractivity contribution in [1.29, 1.82) is 0 Å². The molecule has 0 aliphatic carbocycles. The van der Waals surface area contributed by atoms with E-state index in [0.29, 0.717) is 10.3 Å². The van der Waals surface area contributed by atoms with Crippen molar-refractivity contribution in [1.82, 2.24) is 9.13 Å². The second-order valence-electron chi connectivity index (χ2n) is 4.77. The SMILES string of the molecule is Cc1cn(C(=O)c2ccccc2)c(=S)n1-c1ccccc1. The molecule has 21 heavy (non-hydrogen) atoms. The van der Waals surface area contributed by atoms with E-state index >= 15 is 0 Å². The quantitative estimate of drug-likeness (QED) is 0.668. The average molecular weight is 294 g/mol. The third-order valence-corrected chi connectivity index (χ3v) is 3.70. The van der Waals surface area contributed by atoms with Crippen LogP contribution in [0.1, 0.15) is 16.1 Å². The van der Waals surface area contributed by atoms with E-state index in [1.807, 2.05) is 60.0 Å². The molecule has 0 fully saturated rings. The summed E-state index contributed by atoms with van der Waals surface area (Å²) < 4.78 is 3.90. The van der Waals surface area contributed by atoms with Gasteiger partial charge in [-0.25, -0.2) is 0 Å². The van der Waals surface area contributed by atoms with E-state index < -0.39 is 0 Å². The highest BCUT2D eigenvalue weighted by atomic mass is 32.1. The summed E-state index contributed by atoms with van der Waals surface area (Å²) in [5.74, 6) is -0.113. The second-order valence-corrected chi connectivity index (χ2v) is 5.13. The number of benzene rings is 2. The second kappa shape index (κ2) is 5.50. The van der Waals surface area contributed by atoms with Gasteiger partial charge in [0.15, 0.2) is 4.77 Å². The number of aryl methyl sites for hydroxylation is 1.